The van der Waals surface area contributed by atoms with Crippen LogP contribution in [-0.2, 0) is 0 Å². The van der Waals surface area contributed by atoms with Crippen LogP contribution in [0.5, 0.6) is 11.5 Å². The summed E-state index contributed by atoms with van der Waals surface area (Å²) in [5.74, 6) is 1.15. The van der Waals surface area contributed by atoms with Gasteiger partial charge in [0, 0.05) is 10.5 Å². The Bertz CT molecular complexity index is 890. The quantitative estimate of drug-likeness (QED) is 0.697. The van der Waals surface area contributed by atoms with E-state index in [1.54, 1.807) is 12.1 Å². The number of hydrogen-bond acceptors (Lipinski definition) is 4. The van der Waals surface area contributed by atoms with Crippen molar-refractivity contribution in [3.8, 4) is 11.5 Å². The van der Waals surface area contributed by atoms with Gasteiger partial charge in [-0.1, -0.05) is 15.9 Å². The molecule has 0 saturated heterocycles. The van der Waals surface area contributed by atoms with Gasteiger partial charge in [-0.3, -0.25) is 4.79 Å². The Labute approximate surface area is 128 Å². The molecule has 0 bridgehead atoms. The van der Waals surface area contributed by atoms with Gasteiger partial charge in [0.25, 0.3) is 5.56 Å². The largest absolute Gasteiger partial charge is 0.455 e. The first kappa shape index (κ1) is 13.6. The Hall–Kier alpha value is -2.34. The standard InChI is InChI=1S/C15H12BrN3O2/c1-8-4-9(2-3-11(8)16)21-14-6-13-10(5-12(14)17)15(20)19-7-18-13/h2-7H,17H2,1H3,(H,18,19,20). The van der Waals surface area contributed by atoms with E-state index in [0.29, 0.717) is 28.1 Å². The summed E-state index contributed by atoms with van der Waals surface area (Å²) in [7, 11) is 0. The third-order valence-electron chi connectivity index (χ3n) is 3.13. The normalized spacial score (nSPS) is 10.8. The summed E-state index contributed by atoms with van der Waals surface area (Å²) in [6.45, 7) is 1.97. The van der Waals surface area contributed by atoms with E-state index >= 15 is 0 Å². The minimum absolute atomic E-state index is 0.224. The molecule has 5 nitrogen and oxygen atoms in total. The Kier molecular flexibility index (Phi) is 3.39. The molecule has 3 N–H and O–H groups in total. The van der Waals surface area contributed by atoms with Gasteiger partial charge in [0.05, 0.1) is 22.9 Å². The molecule has 1 aromatic heterocycles. The van der Waals surface area contributed by atoms with Crippen molar-refractivity contribution in [3.63, 3.8) is 0 Å². The van der Waals surface area contributed by atoms with Gasteiger partial charge < -0.3 is 15.5 Å². The molecule has 0 aliphatic heterocycles. The van der Waals surface area contributed by atoms with Crippen LogP contribution >= 0.6 is 15.9 Å². The summed E-state index contributed by atoms with van der Waals surface area (Å²) in [6.07, 6.45) is 1.36. The molecule has 0 saturated carbocycles. The van der Waals surface area contributed by atoms with Crippen LogP contribution < -0.4 is 16.0 Å². The van der Waals surface area contributed by atoms with Gasteiger partial charge in [0.1, 0.15) is 5.75 Å². The SMILES string of the molecule is Cc1cc(Oc2cc3nc[nH]c(=O)c3cc2N)ccc1Br. The van der Waals surface area contributed by atoms with E-state index in [4.69, 9.17) is 10.5 Å². The first-order chi connectivity index (χ1) is 10.0. The maximum Gasteiger partial charge on any atom is 0.258 e. The number of anilines is 1. The Balaban J connectivity index is 2.06. The molecular weight excluding hydrogens is 334 g/mol. The first-order valence-electron chi connectivity index (χ1n) is 6.25. The molecule has 106 valence electrons. The van der Waals surface area contributed by atoms with Crippen LogP contribution in [0.4, 0.5) is 5.69 Å². The van der Waals surface area contributed by atoms with E-state index < -0.39 is 0 Å². The smallest absolute Gasteiger partial charge is 0.258 e. The van der Waals surface area contributed by atoms with E-state index in [0.717, 1.165) is 10.0 Å². The van der Waals surface area contributed by atoms with Crippen molar-refractivity contribution in [1.29, 1.82) is 0 Å². The average Bonchev–Trinajstić information content (AvgIpc) is 2.45. The van der Waals surface area contributed by atoms with Crippen LogP contribution in [0.25, 0.3) is 10.9 Å². The summed E-state index contributed by atoms with van der Waals surface area (Å²) in [4.78, 5) is 18.3. The molecule has 0 radical (unpaired) electrons. The number of aromatic amines is 1. The molecule has 0 atom stereocenters. The van der Waals surface area contributed by atoms with E-state index in [1.807, 2.05) is 25.1 Å². The summed E-state index contributed by atoms with van der Waals surface area (Å²) < 4.78 is 6.80. The molecule has 1 heterocycles. The van der Waals surface area contributed by atoms with Crippen molar-refractivity contribution in [2.45, 2.75) is 6.92 Å². The molecule has 2 aromatic carbocycles. The molecule has 21 heavy (non-hydrogen) atoms. The third kappa shape index (κ3) is 2.62. The first-order valence-corrected chi connectivity index (χ1v) is 7.05. The van der Waals surface area contributed by atoms with Crippen LogP contribution in [0, 0.1) is 6.92 Å². The second kappa shape index (κ2) is 5.21. The summed E-state index contributed by atoms with van der Waals surface area (Å²) >= 11 is 3.44. The van der Waals surface area contributed by atoms with Gasteiger partial charge in [-0.15, -0.1) is 0 Å². The van der Waals surface area contributed by atoms with Crippen LogP contribution in [-0.4, -0.2) is 9.97 Å². The monoisotopic (exact) mass is 345 g/mol. The van der Waals surface area contributed by atoms with Crippen molar-refractivity contribution in [2.75, 3.05) is 5.73 Å². The lowest BCUT2D eigenvalue weighted by molar-refractivity contribution is 0.485. The van der Waals surface area contributed by atoms with Crippen LogP contribution in [0.1, 0.15) is 5.56 Å². The number of rotatable bonds is 2. The number of nitrogens with zero attached hydrogens (tertiary/aromatic N) is 1. The zero-order valence-electron chi connectivity index (χ0n) is 11.2. The second-order valence-electron chi connectivity index (χ2n) is 4.65. The van der Waals surface area contributed by atoms with Crippen molar-refractivity contribution >= 4 is 32.5 Å². The van der Waals surface area contributed by atoms with Gasteiger partial charge in [-0.05, 0) is 36.8 Å². The fourth-order valence-corrected chi connectivity index (χ4v) is 2.26. The number of nitrogens with one attached hydrogen (secondary N) is 1. The average molecular weight is 346 g/mol. The Morgan fingerprint density at radius 2 is 2.10 bits per heavy atom. The summed E-state index contributed by atoms with van der Waals surface area (Å²) in [5.41, 5.74) is 7.72. The van der Waals surface area contributed by atoms with Crippen LogP contribution in [0.3, 0.4) is 0 Å². The van der Waals surface area contributed by atoms with Gasteiger partial charge in [0.15, 0.2) is 5.75 Å². The second-order valence-corrected chi connectivity index (χ2v) is 5.51. The molecular formula is C15H12BrN3O2. The minimum atomic E-state index is -0.224. The molecule has 3 aromatic rings. The summed E-state index contributed by atoms with van der Waals surface area (Å²) in [5, 5.41) is 0.439. The minimum Gasteiger partial charge on any atom is -0.455 e. The number of halogens is 1. The van der Waals surface area contributed by atoms with Crippen molar-refractivity contribution in [1.82, 2.24) is 9.97 Å². The van der Waals surface area contributed by atoms with Gasteiger partial charge >= 0.3 is 0 Å². The van der Waals surface area contributed by atoms with Crippen molar-refractivity contribution in [3.05, 3.63) is 57.0 Å². The lowest BCUT2D eigenvalue weighted by atomic mass is 10.2. The molecule has 0 spiro atoms. The fourth-order valence-electron chi connectivity index (χ4n) is 2.01. The highest BCUT2D eigenvalue weighted by atomic mass is 79.9. The zero-order chi connectivity index (χ0) is 15.0. The zero-order valence-corrected chi connectivity index (χ0v) is 12.8. The number of aryl methyl sites for hydroxylation is 1. The molecule has 0 aliphatic rings. The van der Waals surface area contributed by atoms with Gasteiger partial charge in [-0.2, -0.15) is 0 Å². The fraction of sp³-hybridized carbons (Fsp3) is 0.0667. The van der Waals surface area contributed by atoms with E-state index in [9.17, 15) is 4.79 Å². The molecule has 0 unspecified atom stereocenters. The highest BCUT2D eigenvalue weighted by molar-refractivity contribution is 9.10. The van der Waals surface area contributed by atoms with E-state index in [2.05, 4.69) is 25.9 Å². The van der Waals surface area contributed by atoms with Crippen LogP contribution in [0.15, 0.2) is 45.9 Å². The lowest BCUT2D eigenvalue weighted by Gasteiger charge is -2.10. The van der Waals surface area contributed by atoms with Gasteiger partial charge in [-0.25, -0.2) is 4.98 Å². The lowest BCUT2D eigenvalue weighted by Crippen LogP contribution is -2.07. The summed E-state index contributed by atoms with van der Waals surface area (Å²) in [6, 6.07) is 8.88. The van der Waals surface area contributed by atoms with Crippen molar-refractivity contribution < 1.29 is 4.74 Å². The topological polar surface area (TPSA) is 81.0 Å². The Morgan fingerprint density at radius 3 is 2.86 bits per heavy atom. The number of H-pyrrole nitrogens is 1. The molecule has 0 aliphatic carbocycles. The van der Waals surface area contributed by atoms with E-state index in [1.165, 1.54) is 6.33 Å². The van der Waals surface area contributed by atoms with Crippen molar-refractivity contribution in [2.24, 2.45) is 0 Å². The van der Waals surface area contributed by atoms with E-state index in [-0.39, 0.29) is 5.56 Å². The van der Waals surface area contributed by atoms with Gasteiger partial charge in [0.2, 0.25) is 0 Å². The number of fused-ring (bicyclic) bond motifs is 1. The number of hydrogen-bond donors (Lipinski definition) is 2. The maximum atomic E-state index is 11.7. The van der Waals surface area contributed by atoms with Crippen LogP contribution in [0.2, 0.25) is 0 Å². The number of nitrogens with two attached hydrogens (primary N) is 1. The number of aromatic nitrogens is 2. The number of ether oxygens (including phenoxy) is 1. The highest BCUT2D eigenvalue weighted by Gasteiger charge is 2.08. The number of benzene rings is 2. The highest BCUT2D eigenvalue weighted by Crippen LogP contribution is 2.31. The molecule has 0 amide bonds. The number of nitrogen functional groups attached to an aromatic ring is 1. The maximum absolute atomic E-state index is 11.7. The molecule has 6 heteroatoms. The molecule has 3 rings (SSSR count). The molecule has 0 fully saturated rings. The predicted octanol–water partition coefficient (Wildman–Crippen LogP) is 3.37. The third-order valence-corrected chi connectivity index (χ3v) is 4.02. The Morgan fingerprint density at radius 1 is 1.29 bits per heavy atom. The predicted molar refractivity (Wildman–Crippen MR) is 85.7 cm³/mol.